The Kier molecular flexibility index (Phi) is 8.66. The van der Waals surface area contributed by atoms with Gasteiger partial charge < -0.3 is 10.7 Å². The first-order valence-electron chi connectivity index (χ1n) is 9.54. The number of ketones is 1. The second-order valence-corrected chi connectivity index (χ2v) is 7.88. The topological polar surface area (TPSA) is 108 Å². The Bertz CT molecular complexity index is 976. The molecule has 0 aromatic heterocycles. The van der Waals surface area contributed by atoms with E-state index in [2.05, 4.69) is 10.7 Å². The third kappa shape index (κ3) is 6.48. The van der Waals surface area contributed by atoms with Crippen molar-refractivity contribution in [1.82, 2.24) is 5.32 Å². The molecule has 2 aromatic carbocycles. The number of hydrogen-bond acceptors (Lipinski definition) is 6. The van der Waals surface area contributed by atoms with Gasteiger partial charge in [-0.15, -0.1) is 11.8 Å². The lowest BCUT2D eigenvalue weighted by Crippen LogP contribution is -2.25. The van der Waals surface area contributed by atoms with Crippen LogP contribution in [0.4, 0.5) is 5.69 Å². The minimum Gasteiger partial charge on any atom is -0.349 e. The molecule has 1 amide bonds. The predicted molar refractivity (Wildman–Crippen MR) is 122 cm³/mol. The van der Waals surface area contributed by atoms with E-state index in [9.17, 15) is 9.59 Å². The Morgan fingerprint density at radius 3 is 2.33 bits per heavy atom. The Morgan fingerprint density at radius 1 is 1.13 bits per heavy atom. The Morgan fingerprint density at radius 2 is 1.80 bits per heavy atom. The highest BCUT2D eigenvalue weighted by molar-refractivity contribution is 8.02. The zero-order valence-electron chi connectivity index (χ0n) is 17.4. The van der Waals surface area contributed by atoms with E-state index >= 15 is 0 Å². The number of anilines is 1. The van der Waals surface area contributed by atoms with Gasteiger partial charge in [0, 0.05) is 22.1 Å². The van der Waals surface area contributed by atoms with Gasteiger partial charge in [-0.25, -0.2) is 0 Å². The molecule has 30 heavy (non-hydrogen) atoms. The molecule has 0 saturated heterocycles. The summed E-state index contributed by atoms with van der Waals surface area (Å²) in [5.74, 6) is 5.13. The molecule has 0 bridgehead atoms. The number of carbonyl (C=O) groups excluding carboxylic acids is 2. The van der Waals surface area contributed by atoms with Crippen LogP contribution in [-0.4, -0.2) is 24.0 Å². The zero-order valence-corrected chi connectivity index (χ0v) is 18.2. The average Bonchev–Trinajstić information content (AvgIpc) is 3.59. The van der Waals surface area contributed by atoms with Crippen LogP contribution >= 0.6 is 11.8 Å². The summed E-state index contributed by atoms with van der Waals surface area (Å²) in [6, 6.07) is 16.7. The van der Waals surface area contributed by atoms with Crippen molar-refractivity contribution < 1.29 is 9.59 Å². The maximum atomic E-state index is 11.9. The fraction of sp³-hybridized carbons (Fsp3) is 0.261. The van der Waals surface area contributed by atoms with Crippen molar-refractivity contribution in [1.29, 1.82) is 5.26 Å². The van der Waals surface area contributed by atoms with E-state index in [0.717, 1.165) is 29.0 Å². The maximum Gasteiger partial charge on any atom is 0.251 e. The highest BCUT2D eigenvalue weighted by Crippen LogP contribution is 2.21. The first kappa shape index (κ1) is 23.2. The maximum absolute atomic E-state index is 11.9. The van der Waals surface area contributed by atoms with Crippen LogP contribution < -0.4 is 16.6 Å². The van der Waals surface area contributed by atoms with Crippen molar-refractivity contribution in [3.8, 4) is 6.07 Å². The summed E-state index contributed by atoms with van der Waals surface area (Å²) in [6.45, 7) is 3.72. The second-order valence-electron chi connectivity index (χ2n) is 6.86. The summed E-state index contributed by atoms with van der Waals surface area (Å²) in [7, 11) is 0. The minimum atomic E-state index is -0.204. The number of nitriles is 1. The van der Waals surface area contributed by atoms with Crippen LogP contribution in [0.1, 0.15) is 46.0 Å². The van der Waals surface area contributed by atoms with Gasteiger partial charge in [0.2, 0.25) is 5.78 Å². The van der Waals surface area contributed by atoms with Crippen molar-refractivity contribution in [2.75, 3.05) is 11.7 Å². The van der Waals surface area contributed by atoms with Gasteiger partial charge in [0.15, 0.2) is 0 Å². The minimum absolute atomic E-state index is 0.0194. The van der Waals surface area contributed by atoms with Gasteiger partial charge in [-0.2, -0.15) is 5.26 Å². The van der Waals surface area contributed by atoms with Gasteiger partial charge in [0.1, 0.15) is 11.6 Å². The molecule has 6 nitrogen and oxygen atoms in total. The van der Waals surface area contributed by atoms with E-state index in [-0.39, 0.29) is 17.3 Å². The molecule has 0 aliphatic heterocycles. The number of thioether (sulfide) groups is 1. The summed E-state index contributed by atoms with van der Waals surface area (Å²) in [5, 5.41) is 11.9. The third-order valence-electron chi connectivity index (χ3n) is 4.60. The van der Waals surface area contributed by atoms with Gasteiger partial charge in [0.05, 0.1) is 5.69 Å². The fourth-order valence-corrected chi connectivity index (χ4v) is 2.88. The van der Waals surface area contributed by atoms with Crippen molar-refractivity contribution in [3.63, 3.8) is 0 Å². The van der Waals surface area contributed by atoms with Crippen molar-refractivity contribution in [2.45, 2.75) is 32.7 Å². The first-order chi connectivity index (χ1) is 14.4. The van der Waals surface area contributed by atoms with E-state index in [1.54, 1.807) is 37.3 Å². The molecule has 0 unspecified atom stereocenters. The number of aryl methyl sites for hydroxylation is 1. The number of nitrogens with zero attached hydrogens (tertiary/aromatic N) is 1. The quantitative estimate of drug-likeness (QED) is 0.212. The molecule has 4 N–H and O–H groups in total. The van der Waals surface area contributed by atoms with E-state index in [4.69, 9.17) is 11.1 Å². The number of rotatable bonds is 6. The number of hydrogen-bond donors (Lipinski definition) is 3. The van der Waals surface area contributed by atoms with Crippen molar-refractivity contribution in [3.05, 3.63) is 75.7 Å². The molecule has 0 radical (unpaired) electrons. The standard InChI is InChI=1S/C12H11NOS.C11H15N3O/c1-9(15-2)11(8-13)12(14)10-6-4-3-5-7-10;1-7-2-3-8(6-10(7)14-12)11(15)13-9-4-5-9/h3-7H,1-2H3;2-3,6,9,14H,4-5,12H2,1H3,(H,13,15)/b11-9+;. The van der Waals surface area contributed by atoms with Crippen LogP contribution in [0.25, 0.3) is 0 Å². The Labute approximate surface area is 181 Å². The highest BCUT2D eigenvalue weighted by atomic mass is 32.2. The zero-order chi connectivity index (χ0) is 22.1. The smallest absolute Gasteiger partial charge is 0.251 e. The molecule has 7 heteroatoms. The molecule has 0 atom stereocenters. The molecule has 0 spiro atoms. The lowest BCUT2D eigenvalue weighted by atomic mass is 10.0. The molecule has 1 aliphatic carbocycles. The van der Waals surface area contributed by atoms with E-state index in [1.807, 2.05) is 37.4 Å². The number of allylic oxidation sites excluding steroid dienone is 2. The van der Waals surface area contributed by atoms with Crippen molar-refractivity contribution >= 4 is 29.1 Å². The molecule has 1 aliphatic rings. The summed E-state index contributed by atoms with van der Waals surface area (Å²) >= 11 is 1.42. The summed E-state index contributed by atoms with van der Waals surface area (Å²) in [4.78, 5) is 24.3. The van der Waals surface area contributed by atoms with Gasteiger partial charge in [-0.3, -0.25) is 15.4 Å². The van der Waals surface area contributed by atoms with Crippen LogP contribution in [0, 0.1) is 18.3 Å². The lowest BCUT2D eigenvalue weighted by Gasteiger charge is -2.08. The number of nitrogen functional groups attached to an aromatic ring is 1. The predicted octanol–water partition coefficient (Wildman–Crippen LogP) is 4.20. The number of nitrogens with one attached hydrogen (secondary N) is 2. The summed E-state index contributed by atoms with van der Waals surface area (Å²) < 4.78 is 0. The summed E-state index contributed by atoms with van der Waals surface area (Å²) in [6.07, 6.45) is 4.05. The van der Waals surface area contributed by atoms with Gasteiger partial charge in [-0.1, -0.05) is 36.4 Å². The van der Waals surface area contributed by atoms with Crippen LogP contribution in [0.2, 0.25) is 0 Å². The largest absolute Gasteiger partial charge is 0.349 e. The van der Waals surface area contributed by atoms with E-state index in [1.165, 1.54) is 11.8 Å². The molecule has 0 heterocycles. The highest BCUT2D eigenvalue weighted by Gasteiger charge is 2.23. The van der Waals surface area contributed by atoms with E-state index in [0.29, 0.717) is 17.2 Å². The molecular formula is C23H26N4O2S. The molecular weight excluding hydrogens is 396 g/mol. The number of benzene rings is 2. The number of amides is 1. The van der Waals surface area contributed by atoms with Gasteiger partial charge in [0.25, 0.3) is 5.91 Å². The number of carbonyl (C=O) groups is 2. The average molecular weight is 423 g/mol. The van der Waals surface area contributed by atoms with Crippen LogP contribution in [0.15, 0.2) is 59.0 Å². The second kappa shape index (κ2) is 11.2. The van der Waals surface area contributed by atoms with Crippen LogP contribution in [0.3, 0.4) is 0 Å². The molecule has 1 saturated carbocycles. The van der Waals surface area contributed by atoms with E-state index < -0.39 is 0 Å². The number of nitrogens with two attached hydrogens (primary N) is 1. The monoisotopic (exact) mass is 422 g/mol. The lowest BCUT2D eigenvalue weighted by molar-refractivity contribution is 0.0950. The first-order valence-corrected chi connectivity index (χ1v) is 10.8. The fourth-order valence-electron chi connectivity index (χ4n) is 2.54. The Balaban J connectivity index is 0.000000214. The Hall–Kier alpha value is -3.08. The van der Waals surface area contributed by atoms with Crippen LogP contribution in [0.5, 0.6) is 0 Å². The summed E-state index contributed by atoms with van der Waals surface area (Å²) in [5.41, 5.74) is 5.84. The van der Waals surface area contributed by atoms with Gasteiger partial charge >= 0.3 is 0 Å². The third-order valence-corrected chi connectivity index (χ3v) is 5.42. The molecule has 156 valence electrons. The number of Topliss-reactive ketones (excluding diaryl/α,β-unsaturated/α-hetero) is 1. The normalized spacial score (nSPS) is 13.2. The number of hydrazine groups is 1. The van der Waals surface area contributed by atoms with Gasteiger partial charge in [-0.05, 0) is 50.6 Å². The molecule has 1 fully saturated rings. The molecule has 2 aromatic rings. The van der Waals surface area contributed by atoms with Crippen LogP contribution in [-0.2, 0) is 0 Å². The van der Waals surface area contributed by atoms with Crippen molar-refractivity contribution in [2.24, 2.45) is 5.84 Å². The SMILES string of the molecule is CS/C(C)=C(\C#N)C(=O)c1ccccc1.Cc1ccc(C(=O)NC2CC2)cc1NN. The molecule has 3 rings (SSSR count).